The van der Waals surface area contributed by atoms with Gasteiger partial charge >= 0.3 is 6.03 Å². The third kappa shape index (κ3) is 7.82. The van der Waals surface area contributed by atoms with Crippen LogP contribution in [0, 0.1) is 0 Å². The smallest absolute Gasteiger partial charge is 0.315 e. The summed E-state index contributed by atoms with van der Waals surface area (Å²) in [6.07, 6.45) is 0. The lowest BCUT2D eigenvalue weighted by atomic mass is 10.1. The van der Waals surface area contributed by atoms with Crippen LogP contribution in [0.4, 0.5) is 4.79 Å². The van der Waals surface area contributed by atoms with Crippen LogP contribution >= 0.6 is 0 Å². The van der Waals surface area contributed by atoms with Crippen LogP contribution in [0.15, 0.2) is 48.5 Å². The van der Waals surface area contributed by atoms with E-state index in [4.69, 9.17) is 4.74 Å². The molecule has 0 bridgehead atoms. The summed E-state index contributed by atoms with van der Waals surface area (Å²) in [6.45, 7) is 6.19. The van der Waals surface area contributed by atoms with Gasteiger partial charge < -0.3 is 20.3 Å². The average Bonchev–Trinajstić information content (AvgIpc) is 2.81. The molecule has 0 saturated carbocycles. The van der Waals surface area contributed by atoms with Crippen LogP contribution in [0.3, 0.4) is 0 Å². The molecular formula is C24H32N4O5S. The van der Waals surface area contributed by atoms with E-state index in [1.807, 2.05) is 6.07 Å². The highest BCUT2D eigenvalue weighted by Gasteiger charge is 2.19. The molecule has 0 spiro atoms. The number of benzene rings is 2. The number of amides is 3. The summed E-state index contributed by atoms with van der Waals surface area (Å²) >= 11 is 0. The number of urea groups is 1. The second kappa shape index (κ2) is 12.0. The quantitative estimate of drug-likeness (QED) is 0.499. The molecule has 1 aliphatic rings. The lowest BCUT2D eigenvalue weighted by Gasteiger charge is -2.27. The fraction of sp³-hybridized carbons (Fsp3) is 0.417. The molecule has 1 aliphatic heterocycles. The number of ether oxygens (including phenoxy) is 1. The van der Waals surface area contributed by atoms with Crippen LogP contribution in [-0.4, -0.2) is 57.6 Å². The molecule has 2 aromatic carbocycles. The Balaban J connectivity index is 1.53. The normalized spacial score (nSPS) is 14.1. The van der Waals surface area contributed by atoms with Crippen LogP contribution in [0.2, 0.25) is 0 Å². The molecule has 9 nitrogen and oxygen atoms in total. The van der Waals surface area contributed by atoms with Crippen LogP contribution in [0.1, 0.15) is 40.9 Å². The first-order valence-electron chi connectivity index (χ1n) is 11.3. The van der Waals surface area contributed by atoms with Gasteiger partial charge in [0.2, 0.25) is 10.0 Å². The molecule has 0 radical (unpaired) electrons. The molecule has 0 unspecified atom stereocenters. The second-order valence-corrected chi connectivity index (χ2v) is 10.2. The van der Waals surface area contributed by atoms with Gasteiger partial charge in [0, 0.05) is 37.8 Å². The minimum absolute atomic E-state index is 0.0480. The zero-order chi connectivity index (χ0) is 24.6. The maximum Gasteiger partial charge on any atom is 0.315 e. The Morgan fingerprint density at radius 1 is 0.971 bits per heavy atom. The first-order valence-corrected chi connectivity index (χ1v) is 12.9. The Morgan fingerprint density at radius 3 is 2.35 bits per heavy atom. The van der Waals surface area contributed by atoms with Crippen LogP contribution in [0.25, 0.3) is 0 Å². The number of nitrogens with zero attached hydrogens (tertiary/aromatic N) is 1. The van der Waals surface area contributed by atoms with Crippen molar-refractivity contribution >= 4 is 22.0 Å². The first kappa shape index (κ1) is 25.7. The second-order valence-electron chi connectivity index (χ2n) is 8.44. The third-order valence-electron chi connectivity index (χ3n) is 5.24. The zero-order valence-electron chi connectivity index (χ0n) is 19.5. The Hall–Kier alpha value is -2.95. The molecular weight excluding hydrogens is 456 g/mol. The Bertz CT molecular complexity index is 1100. The van der Waals surface area contributed by atoms with Gasteiger partial charge in [-0.15, -0.1) is 0 Å². The monoisotopic (exact) mass is 488 g/mol. The van der Waals surface area contributed by atoms with Gasteiger partial charge in [0.15, 0.2) is 0 Å². The van der Waals surface area contributed by atoms with Crippen molar-refractivity contribution in [3.8, 4) is 0 Å². The van der Waals surface area contributed by atoms with E-state index >= 15 is 0 Å². The van der Waals surface area contributed by atoms with E-state index in [0.29, 0.717) is 37.4 Å². The van der Waals surface area contributed by atoms with Gasteiger partial charge in [-0.1, -0.05) is 36.4 Å². The molecule has 184 valence electrons. The number of rotatable bonds is 9. The van der Waals surface area contributed by atoms with Crippen molar-refractivity contribution < 1.29 is 22.7 Å². The van der Waals surface area contributed by atoms with Gasteiger partial charge in [-0.3, -0.25) is 4.79 Å². The van der Waals surface area contributed by atoms with E-state index < -0.39 is 10.0 Å². The molecule has 1 saturated heterocycles. The summed E-state index contributed by atoms with van der Waals surface area (Å²) in [4.78, 5) is 26.8. The van der Waals surface area contributed by atoms with Crippen molar-refractivity contribution in [3.63, 3.8) is 0 Å². The highest BCUT2D eigenvalue weighted by molar-refractivity contribution is 7.88. The molecule has 3 N–H and O–H groups in total. The van der Waals surface area contributed by atoms with Crippen molar-refractivity contribution in [2.24, 2.45) is 0 Å². The third-order valence-corrected chi connectivity index (χ3v) is 6.77. The number of carbonyl (C=O) groups excluding carboxylic acids is 2. The van der Waals surface area contributed by atoms with Gasteiger partial charge in [-0.05, 0) is 42.7 Å². The minimum atomic E-state index is -3.48. The highest BCUT2D eigenvalue weighted by Crippen LogP contribution is 2.13. The van der Waals surface area contributed by atoms with Crippen LogP contribution in [-0.2, 0) is 33.6 Å². The number of hydrogen-bond acceptors (Lipinski definition) is 5. The molecule has 3 amide bonds. The standard InChI is InChI=1S/C24H32N4O5S/c1-18(2)27-34(31,32)17-22-8-4-3-7-21(22)16-26-24(30)25-15-19-6-5-9-20(14-19)23(29)28-10-12-33-13-11-28/h3-9,14,18,27H,10-13,15-17H2,1-2H3,(H2,25,26,30). The molecule has 3 rings (SSSR count). The Labute approximate surface area is 200 Å². The summed E-state index contributed by atoms with van der Waals surface area (Å²) in [5, 5.41) is 5.55. The Morgan fingerprint density at radius 2 is 1.65 bits per heavy atom. The van der Waals surface area contributed by atoms with Crippen molar-refractivity contribution in [3.05, 3.63) is 70.8 Å². The topological polar surface area (TPSA) is 117 Å². The highest BCUT2D eigenvalue weighted by atomic mass is 32.2. The molecule has 1 fully saturated rings. The predicted molar refractivity (Wildman–Crippen MR) is 130 cm³/mol. The maximum absolute atomic E-state index is 12.7. The van der Waals surface area contributed by atoms with Crippen molar-refractivity contribution in [2.75, 3.05) is 26.3 Å². The van der Waals surface area contributed by atoms with E-state index in [-0.39, 0.29) is 36.8 Å². The number of morpholine rings is 1. The van der Waals surface area contributed by atoms with Gasteiger partial charge in [0.1, 0.15) is 0 Å². The number of carbonyl (C=O) groups is 2. The molecule has 1 heterocycles. The van der Waals surface area contributed by atoms with Gasteiger partial charge in [0.05, 0.1) is 19.0 Å². The molecule has 0 aliphatic carbocycles. The summed E-state index contributed by atoms with van der Waals surface area (Å²) in [6, 6.07) is 13.7. The largest absolute Gasteiger partial charge is 0.378 e. The van der Waals surface area contributed by atoms with Crippen molar-refractivity contribution in [1.29, 1.82) is 0 Å². The fourth-order valence-corrected chi connectivity index (χ4v) is 5.15. The molecule has 34 heavy (non-hydrogen) atoms. The van der Waals surface area contributed by atoms with Crippen molar-refractivity contribution in [2.45, 2.75) is 38.7 Å². The van der Waals surface area contributed by atoms with Gasteiger partial charge in [-0.2, -0.15) is 0 Å². The number of nitrogens with one attached hydrogen (secondary N) is 3. The van der Waals surface area contributed by atoms with E-state index in [9.17, 15) is 18.0 Å². The van der Waals surface area contributed by atoms with E-state index in [1.54, 1.807) is 61.2 Å². The lowest BCUT2D eigenvalue weighted by molar-refractivity contribution is 0.0303. The summed E-state index contributed by atoms with van der Waals surface area (Å²) in [5.41, 5.74) is 2.74. The Kier molecular flexibility index (Phi) is 9.03. The minimum Gasteiger partial charge on any atom is -0.378 e. The zero-order valence-corrected chi connectivity index (χ0v) is 20.4. The summed E-state index contributed by atoms with van der Waals surface area (Å²) in [7, 11) is -3.48. The summed E-state index contributed by atoms with van der Waals surface area (Å²) < 4.78 is 32.5. The molecule has 10 heteroatoms. The predicted octanol–water partition coefficient (Wildman–Crippen LogP) is 1.99. The summed E-state index contributed by atoms with van der Waals surface area (Å²) in [5.74, 6) is -0.206. The lowest BCUT2D eigenvalue weighted by Crippen LogP contribution is -2.40. The number of hydrogen-bond donors (Lipinski definition) is 3. The molecule has 2 aromatic rings. The van der Waals surface area contributed by atoms with Gasteiger partial charge in [-0.25, -0.2) is 17.9 Å². The average molecular weight is 489 g/mol. The first-order chi connectivity index (χ1) is 16.2. The fourth-order valence-electron chi connectivity index (χ4n) is 3.66. The molecule has 0 atom stereocenters. The maximum atomic E-state index is 12.7. The van der Waals surface area contributed by atoms with E-state index in [1.165, 1.54) is 0 Å². The molecule has 0 aromatic heterocycles. The van der Waals surface area contributed by atoms with Gasteiger partial charge in [0.25, 0.3) is 5.91 Å². The van der Waals surface area contributed by atoms with Crippen molar-refractivity contribution in [1.82, 2.24) is 20.3 Å². The van der Waals surface area contributed by atoms with Crippen LogP contribution < -0.4 is 15.4 Å². The SMILES string of the molecule is CC(C)NS(=O)(=O)Cc1ccccc1CNC(=O)NCc1cccc(C(=O)N2CCOCC2)c1. The number of sulfonamides is 1. The van der Waals surface area contributed by atoms with E-state index in [0.717, 1.165) is 11.1 Å². The van der Waals surface area contributed by atoms with E-state index in [2.05, 4.69) is 15.4 Å². The van der Waals surface area contributed by atoms with Crippen LogP contribution in [0.5, 0.6) is 0 Å².